The van der Waals surface area contributed by atoms with Crippen LogP contribution in [0.15, 0.2) is 48.5 Å². The van der Waals surface area contributed by atoms with Crippen LogP contribution < -0.4 is 10.5 Å². The van der Waals surface area contributed by atoms with E-state index in [4.69, 9.17) is 10.5 Å². The second-order valence-electron chi connectivity index (χ2n) is 3.95. The molecule has 3 heteroatoms. The fourth-order valence-corrected chi connectivity index (χ4v) is 1.57. The zero-order valence-corrected chi connectivity index (χ0v) is 9.84. The first-order valence-corrected chi connectivity index (χ1v) is 5.62. The molecule has 1 aromatic heterocycles. The number of aryl methyl sites for hydroxylation is 1. The molecule has 0 amide bonds. The highest BCUT2D eigenvalue weighted by Gasteiger charge is 2.06. The first-order chi connectivity index (χ1) is 8.25. The van der Waals surface area contributed by atoms with Crippen LogP contribution in [0.2, 0.25) is 0 Å². The molecule has 2 aromatic rings. The van der Waals surface area contributed by atoms with E-state index in [1.807, 2.05) is 55.5 Å². The van der Waals surface area contributed by atoms with E-state index in [0.717, 1.165) is 11.3 Å². The molecule has 0 radical (unpaired) electrons. The van der Waals surface area contributed by atoms with Crippen molar-refractivity contribution in [2.24, 2.45) is 5.73 Å². The van der Waals surface area contributed by atoms with Gasteiger partial charge in [0.1, 0.15) is 6.61 Å². The summed E-state index contributed by atoms with van der Waals surface area (Å²) in [6.07, 6.45) is 0. The molecule has 17 heavy (non-hydrogen) atoms. The molecule has 0 aliphatic rings. The van der Waals surface area contributed by atoms with Gasteiger partial charge in [-0.05, 0) is 18.6 Å². The predicted molar refractivity (Wildman–Crippen MR) is 67.8 cm³/mol. The highest BCUT2D eigenvalue weighted by molar-refractivity contribution is 5.19. The van der Waals surface area contributed by atoms with Gasteiger partial charge in [-0.2, -0.15) is 0 Å². The average molecular weight is 228 g/mol. The summed E-state index contributed by atoms with van der Waals surface area (Å²) in [5.74, 6) is 0.622. The third kappa shape index (κ3) is 3.29. The van der Waals surface area contributed by atoms with Crippen LogP contribution in [0, 0.1) is 6.92 Å². The normalized spacial score (nSPS) is 12.1. The molecule has 0 bridgehead atoms. The van der Waals surface area contributed by atoms with Crippen molar-refractivity contribution in [1.29, 1.82) is 0 Å². The minimum absolute atomic E-state index is 0.126. The zero-order chi connectivity index (χ0) is 12.1. The Bertz CT molecular complexity index is 471. The number of ether oxygens (including phenoxy) is 1. The Morgan fingerprint density at radius 1 is 1.12 bits per heavy atom. The van der Waals surface area contributed by atoms with Crippen LogP contribution in [-0.2, 0) is 0 Å². The van der Waals surface area contributed by atoms with Gasteiger partial charge in [0.2, 0.25) is 5.88 Å². The van der Waals surface area contributed by atoms with Gasteiger partial charge in [0, 0.05) is 11.8 Å². The Kier molecular flexibility index (Phi) is 3.73. The van der Waals surface area contributed by atoms with Gasteiger partial charge >= 0.3 is 0 Å². The van der Waals surface area contributed by atoms with E-state index in [1.165, 1.54) is 0 Å². The van der Waals surface area contributed by atoms with Crippen molar-refractivity contribution in [3.63, 3.8) is 0 Å². The molecule has 1 aromatic carbocycles. The third-order valence-electron chi connectivity index (χ3n) is 2.50. The van der Waals surface area contributed by atoms with Gasteiger partial charge in [-0.15, -0.1) is 0 Å². The van der Waals surface area contributed by atoms with E-state index >= 15 is 0 Å². The van der Waals surface area contributed by atoms with Crippen molar-refractivity contribution >= 4 is 0 Å². The first kappa shape index (κ1) is 11.6. The van der Waals surface area contributed by atoms with Crippen molar-refractivity contribution in [1.82, 2.24) is 4.98 Å². The molecule has 0 spiro atoms. The van der Waals surface area contributed by atoms with Crippen LogP contribution in [0.3, 0.4) is 0 Å². The summed E-state index contributed by atoms with van der Waals surface area (Å²) in [6.45, 7) is 2.37. The second-order valence-corrected chi connectivity index (χ2v) is 3.95. The van der Waals surface area contributed by atoms with E-state index in [0.29, 0.717) is 12.5 Å². The van der Waals surface area contributed by atoms with Crippen molar-refractivity contribution in [2.45, 2.75) is 13.0 Å². The lowest BCUT2D eigenvalue weighted by atomic mass is 10.1. The lowest BCUT2D eigenvalue weighted by Crippen LogP contribution is -2.19. The number of nitrogens with zero attached hydrogens (tertiary/aromatic N) is 1. The molecular formula is C14H16N2O. The molecule has 2 rings (SSSR count). The monoisotopic (exact) mass is 228 g/mol. The lowest BCUT2D eigenvalue weighted by molar-refractivity contribution is 0.279. The Balaban J connectivity index is 1.95. The molecule has 1 atom stereocenters. The highest BCUT2D eigenvalue weighted by atomic mass is 16.5. The van der Waals surface area contributed by atoms with Crippen molar-refractivity contribution < 1.29 is 4.74 Å². The van der Waals surface area contributed by atoms with E-state index in [1.54, 1.807) is 0 Å². The van der Waals surface area contributed by atoms with Gasteiger partial charge < -0.3 is 10.5 Å². The maximum Gasteiger partial charge on any atom is 0.213 e. The smallest absolute Gasteiger partial charge is 0.213 e. The maximum atomic E-state index is 6.03. The largest absolute Gasteiger partial charge is 0.476 e. The second kappa shape index (κ2) is 5.46. The van der Waals surface area contributed by atoms with Crippen molar-refractivity contribution in [2.75, 3.05) is 6.61 Å². The van der Waals surface area contributed by atoms with E-state index in [2.05, 4.69) is 4.98 Å². The number of hydrogen-bond acceptors (Lipinski definition) is 3. The molecule has 3 nitrogen and oxygen atoms in total. The van der Waals surface area contributed by atoms with E-state index in [-0.39, 0.29) is 6.04 Å². The summed E-state index contributed by atoms with van der Waals surface area (Å²) in [7, 11) is 0. The number of benzene rings is 1. The SMILES string of the molecule is Cc1cccc(OC[C@H](N)c2ccccc2)n1. The quantitative estimate of drug-likeness (QED) is 0.874. The molecule has 0 aliphatic carbocycles. The Labute approximate surface area is 101 Å². The highest BCUT2D eigenvalue weighted by Crippen LogP contribution is 2.12. The molecule has 0 unspecified atom stereocenters. The number of pyridine rings is 1. The minimum atomic E-state index is -0.126. The predicted octanol–water partition coefficient (Wildman–Crippen LogP) is 2.47. The molecule has 88 valence electrons. The maximum absolute atomic E-state index is 6.03. The molecular weight excluding hydrogens is 212 g/mol. The number of nitrogens with two attached hydrogens (primary N) is 1. The average Bonchev–Trinajstić information content (AvgIpc) is 2.37. The summed E-state index contributed by atoms with van der Waals surface area (Å²) >= 11 is 0. The first-order valence-electron chi connectivity index (χ1n) is 5.62. The Hall–Kier alpha value is -1.87. The molecule has 0 saturated heterocycles. The van der Waals surface area contributed by atoms with Gasteiger partial charge in [-0.25, -0.2) is 4.98 Å². The lowest BCUT2D eigenvalue weighted by Gasteiger charge is -2.13. The van der Waals surface area contributed by atoms with Crippen molar-refractivity contribution in [3.05, 3.63) is 59.8 Å². The van der Waals surface area contributed by atoms with Crippen molar-refractivity contribution in [3.8, 4) is 5.88 Å². The van der Waals surface area contributed by atoms with Crippen LogP contribution in [0.4, 0.5) is 0 Å². The zero-order valence-electron chi connectivity index (χ0n) is 9.84. The Morgan fingerprint density at radius 3 is 2.59 bits per heavy atom. The number of rotatable bonds is 4. The van der Waals surface area contributed by atoms with Gasteiger partial charge in [0.15, 0.2) is 0 Å². The number of aromatic nitrogens is 1. The Morgan fingerprint density at radius 2 is 1.88 bits per heavy atom. The van der Waals surface area contributed by atoms with Gasteiger partial charge in [0.05, 0.1) is 6.04 Å². The topological polar surface area (TPSA) is 48.1 Å². The summed E-state index contributed by atoms with van der Waals surface area (Å²) in [5.41, 5.74) is 8.04. The fourth-order valence-electron chi connectivity index (χ4n) is 1.57. The molecule has 0 saturated carbocycles. The summed E-state index contributed by atoms with van der Waals surface area (Å²) in [5, 5.41) is 0. The summed E-state index contributed by atoms with van der Waals surface area (Å²) in [6, 6.07) is 15.5. The molecule has 0 aliphatic heterocycles. The van der Waals surface area contributed by atoms with Gasteiger partial charge in [-0.1, -0.05) is 36.4 Å². The van der Waals surface area contributed by atoms with Crippen LogP contribution in [0.5, 0.6) is 5.88 Å². The van der Waals surface area contributed by atoms with Gasteiger partial charge in [0.25, 0.3) is 0 Å². The standard InChI is InChI=1S/C14H16N2O/c1-11-6-5-9-14(16-11)17-10-13(15)12-7-3-2-4-8-12/h2-9,13H,10,15H2,1H3/t13-/m0/s1. The van der Waals surface area contributed by atoms with Crippen LogP contribution in [0.1, 0.15) is 17.3 Å². The summed E-state index contributed by atoms with van der Waals surface area (Å²) in [4.78, 5) is 4.26. The van der Waals surface area contributed by atoms with E-state index in [9.17, 15) is 0 Å². The van der Waals surface area contributed by atoms with Crippen LogP contribution >= 0.6 is 0 Å². The molecule has 1 heterocycles. The van der Waals surface area contributed by atoms with Crippen LogP contribution in [-0.4, -0.2) is 11.6 Å². The summed E-state index contributed by atoms with van der Waals surface area (Å²) < 4.78 is 5.57. The van der Waals surface area contributed by atoms with Crippen LogP contribution in [0.25, 0.3) is 0 Å². The minimum Gasteiger partial charge on any atom is -0.476 e. The van der Waals surface area contributed by atoms with E-state index < -0.39 is 0 Å². The number of hydrogen-bond donors (Lipinski definition) is 1. The molecule has 0 fully saturated rings. The molecule has 2 N–H and O–H groups in total. The van der Waals surface area contributed by atoms with Gasteiger partial charge in [-0.3, -0.25) is 0 Å². The fraction of sp³-hybridized carbons (Fsp3) is 0.214. The third-order valence-corrected chi connectivity index (χ3v) is 2.50.